The smallest absolute Gasteiger partial charge is 0.223 e. The number of amides is 1. The van der Waals surface area contributed by atoms with Gasteiger partial charge in [0.05, 0.1) is 11.3 Å². The zero-order chi connectivity index (χ0) is 23.0. The Bertz CT molecular complexity index is 1260. The van der Waals surface area contributed by atoms with Gasteiger partial charge in [0.25, 0.3) is 0 Å². The number of aromatic amines is 1. The molecule has 4 rings (SSSR count). The molecule has 0 unspecified atom stereocenters. The molecular weight excluding hydrogens is 441 g/mol. The molecular formula is C23H23F3N2O3S. The van der Waals surface area contributed by atoms with Gasteiger partial charge in [-0.1, -0.05) is 0 Å². The molecule has 1 amide bonds. The zero-order valence-electron chi connectivity index (χ0n) is 17.4. The molecule has 2 aromatic carbocycles. The highest BCUT2D eigenvalue weighted by Crippen LogP contribution is 2.41. The lowest BCUT2D eigenvalue weighted by atomic mass is 9.71. The molecule has 5 nitrogen and oxygen atoms in total. The minimum Gasteiger partial charge on any atom is -0.355 e. The van der Waals surface area contributed by atoms with Crippen molar-refractivity contribution in [1.82, 2.24) is 10.3 Å². The molecule has 0 bridgehead atoms. The van der Waals surface area contributed by atoms with Crippen LogP contribution in [0.5, 0.6) is 0 Å². The summed E-state index contributed by atoms with van der Waals surface area (Å²) in [5.41, 5.74) is 2.18. The zero-order valence-corrected chi connectivity index (χ0v) is 18.2. The van der Waals surface area contributed by atoms with Gasteiger partial charge in [-0.25, -0.2) is 21.6 Å². The monoisotopic (exact) mass is 464 g/mol. The predicted molar refractivity (Wildman–Crippen MR) is 116 cm³/mol. The Hall–Kier alpha value is -2.81. The van der Waals surface area contributed by atoms with E-state index in [4.69, 9.17) is 0 Å². The van der Waals surface area contributed by atoms with Crippen molar-refractivity contribution < 1.29 is 26.4 Å². The Morgan fingerprint density at radius 1 is 1.09 bits per heavy atom. The lowest BCUT2D eigenvalue weighted by molar-refractivity contribution is -0.128. The van der Waals surface area contributed by atoms with E-state index in [0.717, 1.165) is 17.9 Å². The van der Waals surface area contributed by atoms with Crippen LogP contribution in [0.25, 0.3) is 22.2 Å². The van der Waals surface area contributed by atoms with Crippen molar-refractivity contribution >= 4 is 26.6 Å². The highest BCUT2D eigenvalue weighted by molar-refractivity contribution is 7.90. The number of hydrogen-bond acceptors (Lipinski definition) is 3. The molecule has 1 saturated carbocycles. The molecule has 3 aromatic rings. The van der Waals surface area contributed by atoms with Crippen molar-refractivity contribution in [2.45, 2.75) is 19.3 Å². The van der Waals surface area contributed by atoms with Gasteiger partial charge >= 0.3 is 0 Å². The van der Waals surface area contributed by atoms with Gasteiger partial charge in [0.2, 0.25) is 5.91 Å². The maximum absolute atomic E-state index is 14.4. The molecule has 0 radical (unpaired) electrons. The van der Waals surface area contributed by atoms with Gasteiger partial charge in [0.1, 0.15) is 27.3 Å². The topological polar surface area (TPSA) is 79.0 Å². The summed E-state index contributed by atoms with van der Waals surface area (Å²) >= 11 is 0. The fraction of sp³-hybridized carbons (Fsp3) is 0.348. The summed E-state index contributed by atoms with van der Waals surface area (Å²) in [7, 11) is -3.14. The second-order valence-electron chi connectivity index (χ2n) is 8.46. The van der Waals surface area contributed by atoms with Crippen molar-refractivity contribution in [2.75, 3.05) is 18.6 Å². The van der Waals surface area contributed by atoms with Crippen LogP contribution in [0.1, 0.15) is 18.4 Å². The molecule has 9 heteroatoms. The van der Waals surface area contributed by atoms with Gasteiger partial charge < -0.3 is 10.3 Å². The third-order valence-corrected chi connectivity index (χ3v) is 6.88. The number of H-pyrrole nitrogens is 1. The number of fused-ring (bicyclic) bond motifs is 1. The molecule has 0 aliphatic heterocycles. The Morgan fingerprint density at radius 2 is 1.78 bits per heavy atom. The lowest BCUT2D eigenvalue weighted by Gasteiger charge is -2.34. The SMILES string of the molecule is CS(=O)(=O)CCNC(=O)C1CC(Cc2c(-c3ccc(F)cc3)[nH]c3c(F)cc(F)cc23)C1. The molecule has 32 heavy (non-hydrogen) atoms. The van der Waals surface area contributed by atoms with Crippen LogP contribution in [0, 0.1) is 29.3 Å². The van der Waals surface area contributed by atoms with Gasteiger partial charge in [-0.05, 0) is 66.6 Å². The normalized spacial score (nSPS) is 18.5. The maximum Gasteiger partial charge on any atom is 0.223 e. The largest absolute Gasteiger partial charge is 0.355 e. The fourth-order valence-corrected chi connectivity index (χ4v) is 4.73. The quantitative estimate of drug-likeness (QED) is 0.555. The number of nitrogens with one attached hydrogen (secondary N) is 2. The standard InChI is InChI=1S/C23H23F3N2O3S/c1-32(30,31)7-6-27-23(29)15-8-13(9-15)10-18-19-11-17(25)12-20(26)22(19)28-21(18)14-2-4-16(24)5-3-14/h2-5,11-13,15,28H,6-10H2,1H3,(H,27,29). The van der Waals surface area contributed by atoms with Crippen LogP contribution in [0.15, 0.2) is 36.4 Å². The number of hydrogen-bond donors (Lipinski definition) is 2. The Kier molecular flexibility index (Phi) is 6.03. The number of carbonyl (C=O) groups excluding carboxylic acids is 1. The summed E-state index contributed by atoms with van der Waals surface area (Å²) in [5.74, 6) is -2.16. The van der Waals surface area contributed by atoms with E-state index in [1.54, 1.807) is 12.1 Å². The Balaban J connectivity index is 1.52. The molecule has 2 N–H and O–H groups in total. The van der Waals surface area contributed by atoms with Crippen LogP contribution in [-0.4, -0.2) is 37.9 Å². The van der Waals surface area contributed by atoms with Crippen LogP contribution >= 0.6 is 0 Å². The van der Waals surface area contributed by atoms with Crippen LogP contribution < -0.4 is 5.32 Å². The molecule has 0 atom stereocenters. The van der Waals surface area contributed by atoms with Gasteiger partial charge in [-0.3, -0.25) is 4.79 Å². The van der Waals surface area contributed by atoms with Crippen LogP contribution in [-0.2, 0) is 21.1 Å². The average molecular weight is 465 g/mol. The molecule has 170 valence electrons. The predicted octanol–water partition coefficient (Wildman–Crippen LogP) is 3.98. The lowest BCUT2D eigenvalue weighted by Crippen LogP contribution is -2.40. The van der Waals surface area contributed by atoms with Crippen molar-refractivity contribution in [3.05, 3.63) is 59.4 Å². The highest BCUT2D eigenvalue weighted by atomic mass is 32.2. The first-order valence-electron chi connectivity index (χ1n) is 10.3. The second-order valence-corrected chi connectivity index (χ2v) is 10.7. The van der Waals surface area contributed by atoms with E-state index in [9.17, 15) is 26.4 Å². The molecule has 1 fully saturated rings. The summed E-state index contributed by atoms with van der Waals surface area (Å²) in [6.45, 7) is 0.0779. The van der Waals surface area contributed by atoms with Gasteiger partial charge in [0.15, 0.2) is 0 Å². The van der Waals surface area contributed by atoms with Crippen LogP contribution in [0.3, 0.4) is 0 Å². The van der Waals surface area contributed by atoms with Crippen molar-refractivity contribution in [3.63, 3.8) is 0 Å². The van der Waals surface area contributed by atoms with E-state index in [2.05, 4.69) is 10.3 Å². The second kappa shape index (κ2) is 8.61. The summed E-state index contributed by atoms with van der Waals surface area (Å²) in [4.78, 5) is 15.3. The van der Waals surface area contributed by atoms with E-state index < -0.39 is 27.3 Å². The molecule has 1 aliphatic rings. The van der Waals surface area contributed by atoms with E-state index in [0.29, 0.717) is 35.9 Å². The number of sulfone groups is 1. The van der Waals surface area contributed by atoms with Gasteiger partial charge in [0, 0.05) is 35.9 Å². The third kappa shape index (κ3) is 4.82. The van der Waals surface area contributed by atoms with E-state index in [-0.39, 0.29) is 35.6 Å². The Labute approximate surface area is 183 Å². The molecule has 0 saturated heterocycles. The van der Waals surface area contributed by atoms with E-state index in [1.807, 2.05) is 0 Å². The van der Waals surface area contributed by atoms with E-state index in [1.165, 1.54) is 18.2 Å². The van der Waals surface area contributed by atoms with Gasteiger partial charge in [-0.15, -0.1) is 0 Å². The minimum absolute atomic E-state index is 0.0779. The Morgan fingerprint density at radius 3 is 2.44 bits per heavy atom. The highest BCUT2D eigenvalue weighted by Gasteiger charge is 2.35. The first kappa shape index (κ1) is 22.4. The molecule has 1 aliphatic carbocycles. The number of rotatable bonds is 7. The van der Waals surface area contributed by atoms with Gasteiger partial charge in [-0.2, -0.15) is 0 Å². The fourth-order valence-electron chi connectivity index (χ4n) is 4.26. The summed E-state index contributed by atoms with van der Waals surface area (Å²) in [6, 6.07) is 7.87. The van der Waals surface area contributed by atoms with E-state index >= 15 is 0 Å². The summed E-state index contributed by atoms with van der Waals surface area (Å²) in [5, 5.41) is 3.08. The number of benzene rings is 2. The first-order chi connectivity index (χ1) is 15.1. The minimum atomic E-state index is -3.14. The first-order valence-corrected chi connectivity index (χ1v) is 12.4. The third-order valence-electron chi connectivity index (χ3n) is 5.94. The van der Waals surface area contributed by atoms with Crippen LogP contribution in [0.2, 0.25) is 0 Å². The molecule has 1 aromatic heterocycles. The van der Waals surface area contributed by atoms with Crippen LogP contribution in [0.4, 0.5) is 13.2 Å². The number of carbonyl (C=O) groups is 1. The molecule has 1 heterocycles. The van der Waals surface area contributed by atoms with Crippen molar-refractivity contribution in [1.29, 1.82) is 0 Å². The summed E-state index contributed by atoms with van der Waals surface area (Å²) < 4.78 is 64.1. The average Bonchev–Trinajstić information content (AvgIpc) is 3.02. The maximum atomic E-state index is 14.4. The van der Waals surface area contributed by atoms with Crippen molar-refractivity contribution in [2.24, 2.45) is 11.8 Å². The number of halogens is 3. The number of aromatic nitrogens is 1. The van der Waals surface area contributed by atoms with Crippen molar-refractivity contribution in [3.8, 4) is 11.3 Å². The molecule has 0 spiro atoms. The summed E-state index contributed by atoms with van der Waals surface area (Å²) in [6.07, 6.45) is 2.81.